The zero-order valence-corrected chi connectivity index (χ0v) is 11.1. The van der Waals surface area contributed by atoms with Crippen LogP contribution in [-0.2, 0) is 9.84 Å². The second kappa shape index (κ2) is 5.04. The molecule has 0 spiro atoms. The maximum absolute atomic E-state index is 11.5. The molecule has 1 aliphatic rings. The molecular formula is C11H16N4O3S. The highest BCUT2D eigenvalue weighted by Gasteiger charge is 2.25. The summed E-state index contributed by atoms with van der Waals surface area (Å²) in [5, 5.41) is 3.01. The molecule has 1 unspecified atom stereocenters. The molecule has 1 aromatic rings. The molecule has 5 N–H and O–H groups in total. The Kier molecular flexibility index (Phi) is 3.61. The van der Waals surface area contributed by atoms with Crippen molar-refractivity contribution in [2.75, 3.05) is 22.6 Å². The summed E-state index contributed by atoms with van der Waals surface area (Å²) in [5.41, 5.74) is 11.1. The van der Waals surface area contributed by atoms with Crippen molar-refractivity contribution in [2.45, 2.75) is 18.9 Å². The van der Waals surface area contributed by atoms with Gasteiger partial charge in [0, 0.05) is 6.04 Å². The van der Waals surface area contributed by atoms with Gasteiger partial charge in [0.1, 0.15) is 5.82 Å². The molecule has 0 saturated carbocycles. The highest BCUT2D eigenvalue weighted by molar-refractivity contribution is 7.91. The molecule has 1 atom stereocenters. The Morgan fingerprint density at radius 1 is 1.47 bits per heavy atom. The van der Waals surface area contributed by atoms with Crippen LogP contribution in [0.2, 0.25) is 0 Å². The average Bonchev–Trinajstić information content (AvgIpc) is 2.30. The Bertz CT molecular complexity index is 600. The third kappa shape index (κ3) is 3.34. The van der Waals surface area contributed by atoms with E-state index in [1.165, 1.54) is 12.3 Å². The van der Waals surface area contributed by atoms with Crippen molar-refractivity contribution in [1.82, 2.24) is 4.98 Å². The Balaban J connectivity index is 2.15. The lowest BCUT2D eigenvalue weighted by Gasteiger charge is -2.23. The molecule has 0 aromatic carbocycles. The molecule has 7 nitrogen and oxygen atoms in total. The average molecular weight is 284 g/mol. The van der Waals surface area contributed by atoms with Gasteiger partial charge in [0.25, 0.3) is 5.91 Å². The van der Waals surface area contributed by atoms with Crippen LogP contribution in [-0.4, -0.2) is 36.9 Å². The van der Waals surface area contributed by atoms with Gasteiger partial charge >= 0.3 is 0 Å². The van der Waals surface area contributed by atoms with Crippen LogP contribution in [0, 0.1) is 0 Å². The van der Waals surface area contributed by atoms with Crippen molar-refractivity contribution in [2.24, 2.45) is 5.73 Å². The van der Waals surface area contributed by atoms with Crippen LogP contribution in [0.25, 0.3) is 0 Å². The fraction of sp³-hybridized carbons (Fsp3) is 0.455. The lowest BCUT2D eigenvalue weighted by Crippen LogP contribution is -2.35. The first-order valence-electron chi connectivity index (χ1n) is 5.90. The molecule has 2 rings (SSSR count). The standard InChI is InChI=1S/C11H16N4O3S/c12-9-5-14-10(4-8(9)11(13)16)15-7-2-1-3-19(17,18)6-7/h4-5,7H,1-3,6,12H2,(H2,13,16)(H,14,15). The molecular weight excluding hydrogens is 268 g/mol. The number of anilines is 2. The van der Waals surface area contributed by atoms with Gasteiger partial charge < -0.3 is 16.8 Å². The monoisotopic (exact) mass is 284 g/mol. The number of carbonyl (C=O) groups is 1. The van der Waals surface area contributed by atoms with Crippen LogP contribution in [0.3, 0.4) is 0 Å². The number of hydrogen-bond donors (Lipinski definition) is 3. The number of sulfone groups is 1. The summed E-state index contributed by atoms with van der Waals surface area (Å²) in [6.45, 7) is 0. The van der Waals surface area contributed by atoms with Gasteiger partial charge in [-0.15, -0.1) is 0 Å². The van der Waals surface area contributed by atoms with E-state index in [0.717, 1.165) is 6.42 Å². The lowest BCUT2D eigenvalue weighted by atomic mass is 10.1. The van der Waals surface area contributed by atoms with Crippen LogP contribution in [0.5, 0.6) is 0 Å². The normalized spacial score (nSPS) is 21.8. The van der Waals surface area contributed by atoms with Crippen LogP contribution in [0.1, 0.15) is 23.2 Å². The number of aromatic nitrogens is 1. The van der Waals surface area contributed by atoms with Gasteiger partial charge in [-0.2, -0.15) is 0 Å². The number of hydrogen-bond acceptors (Lipinski definition) is 6. The molecule has 0 radical (unpaired) electrons. The van der Waals surface area contributed by atoms with Gasteiger partial charge in [-0.05, 0) is 18.9 Å². The smallest absolute Gasteiger partial charge is 0.250 e. The van der Waals surface area contributed by atoms with Crippen molar-refractivity contribution < 1.29 is 13.2 Å². The van der Waals surface area contributed by atoms with Gasteiger partial charge in [-0.1, -0.05) is 0 Å². The molecule has 1 amide bonds. The predicted octanol–water partition coefficient (Wildman–Crippen LogP) is -0.248. The Morgan fingerprint density at radius 3 is 2.84 bits per heavy atom. The molecule has 1 saturated heterocycles. The molecule has 1 fully saturated rings. The first-order chi connectivity index (χ1) is 8.87. The minimum atomic E-state index is -2.99. The number of amides is 1. The predicted molar refractivity (Wildman–Crippen MR) is 72.5 cm³/mol. The number of rotatable bonds is 3. The molecule has 8 heteroatoms. The number of pyridine rings is 1. The second-order valence-electron chi connectivity index (χ2n) is 4.62. The zero-order valence-electron chi connectivity index (χ0n) is 10.3. The fourth-order valence-corrected chi connectivity index (χ4v) is 3.74. The Hall–Kier alpha value is -1.83. The van der Waals surface area contributed by atoms with E-state index in [2.05, 4.69) is 10.3 Å². The van der Waals surface area contributed by atoms with Crippen molar-refractivity contribution in [3.05, 3.63) is 17.8 Å². The molecule has 1 aliphatic heterocycles. The minimum Gasteiger partial charge on any atom is -0.397 e. The maximum atomic E-state index is 11.5. The van der Waals surface area contributed by atoms with Crippen molar-refractivity contribution in [3.8, 4) is 0 Å². The van der Waals surface area contributed by atoms with E-state index in [1.807, 2.05) is 0 Å². The van der Waals surface area contributed by atoms with Crippen LogP contribution in [0.15, 0.2) is 12.3 Å². The van der Waals surface area contributed by atoms with Gasteiger partial charge in [0.05, 0.1) is 29.0 Å². The number of nitrogens with two attached hydrogens (primary N) is 2. The largest absolute Gasteiger partial charge is 0.397 e. The van der Waals surface area contributed by atoms with Gasteiger partial charge in [0.2, 0.25) is 0 Å². The van der Waals surface area contributed by atoms with Crippen LogP contribution in [0.4, 0.5) is 11.5 Å². The van der Waals surface area contributed by atoms with E-state index in [1.54, 1.807) is 0 Å². The second-order valence-corrected chi connectivity index (χ2v) is 6.85. The highest BCUT2D eigenvalue weighted by Crippen LogP contribution is 2.19. The number of primary amides is 1. The van der Waals surface area contributed by atoms with Crippen molar-refractivity contribution >= 4 is 27.2 Å². The molecule has 0 bridgehead atoms. The summed E-state index contributed by atoms with van der Waals surface area (Å²) in [6, 6.07) is 1.24. The summed E-state index contributed by atoms with van der Waals surface area (Å²) >= 11 is 0. The molecule has 104 valence electrons. The maximum Gasteiger partial charge on any atom is 0.250 e. The van der Waals surface area contributed by atoms with Gasteiger partial charge in [-0.25, -0.2) is 13.4 Å². The van der Waals surface area contributed by atoms with Gasteiger partial charge in [-0.3, -0.25) is 4.79 Å². The molecule has 1 aromatic heterocycles. The van der Waals surface area contributed by atoms with Crippen molar-refractivity contribution in [3.63, 3.8) is 0 Å². The first kappa shape index (κ1) is 13.6. The number of carbonyl (C=O) groups excluding carboxylic acids is 1. The van der Waals surface area contributed by atoms with E-state index in [-0.39, 0.29) is 28.8 Å². The number of nitrogens with zero attached hydrogens (tertiary/aromatic N) is 1. The third-order valence-electron chi connectivity index (χ3n) is 3.02. The van der Waals surface area contributed by atoms with Crippen LogP contribution < -0.4 is 16.8 Å². The SMILES string of the molecule is NC(=O)c1cc(NC2CCCS(=O)(=O)C2)ncc1N. The van der Waals surface area contributed by atoms with E-state index >= 15 is 0 Å². The number of nitrogen functional groups attached to an aromatic ring is 1. The summed E-state index contributed by atoms with van der Waals surface area (Å²) in [5.74, 6) is 0.0713. The molecule has 0 aliphatic carbocycles. The number of nitrogens with one attached hydrogen (secondary N) is 1. The fourth-order valence-electron chi connectivity index (χ4n) is 2.10. The zero-order chi connectivity index (χ0) is 14.0. The molecule has 19 heavy (non-hydrogen) atoms. The minimum absolute atomic E-state index is 0.0744. The van der Waals surface area contributed by atoms with Crippen LogP contribution >= 0.6 is 0 Å². The topological polar surface area (TPSA) is 128 Å². The summed E-state index contributed by atoms with van der Waals surface area (Å²) in [7, 11) is -2.99. The van der Waals surface area contributed by atoms with E-state index < -0.39 is 15.7 Å². The van der Waals surface area contributed by atoms with Gasteiger partial charge in [0.15, 0.2) is 9.84 Å². The molecule has 2 heterocycles. The Labute approximate surface area is 111 Å². The highest BCUT2D eigenvalue weighted by atomic mass is 32.2. The third-order valence-corrected chi connectivity index (χ3v) is 4.84. The summed E-state index contributed by atoms with van der Waals surface area (Å²) < 4.78 is 23.1. The van der Waals surface area contributed by atoms with E-state index in [9.17, 15) is 13.2 Å². The quantitative estimate of drug-likeness (QED) is 0.702. The first-order valence-corrected chi connectivity index (χ1v) is 7.72. The Morgan fingerprint density at radius 2 is 2.21 bits per heavy atom. The summed E-state index contributed by atoms with van der Waals surface area (Å²) in [6.07, 6.45) is 2.70. The lowest BCUT2D eigenvalue weighted by molar-refractivity contribution is 0.100. The van der Waals surface area contributed by atoms with Crippen molar-refractivity contribution in [1.29, 1.82) is 0 Å². The summed E-state index contributed by atoms with van der Waals surface area (Å²) in [4.78, 5) is 15.2. The van der Waals surface area contributed by atoms with E-state index in [0.29, 0.717) is 12.2 Å². The van der Waals surface area contributed by atoms with E-state index in [4.69, 9.17) is 11.5 Å².